The third kappa shape index (κ3) is 1.86. The van der Waals surface area contributed by atoms with Gasteiger partial charge in [-0.3, -0.25) is 9.59 Å². The first-order valence-electron chi connectivity index (χ1n) is 9.09. The van der Waals surface area contributed by atoms with Crippen LogP contribution in [0.2, 0.25) is 0 Å². The summed E-state index contributed by atoms with van der Waals surface area (Å²) in [5.74, 6) is 1.05. The van der Waals surface area contributed by atoms with E-state index >= 15 is 0 Å². The second kappa shape index (κ2) is 4.36. The summed E-state index contributed by atoms with van der Waals surface area (Å²) < 4.78 is 5.93. The van der Waals surface area contributed by atoms with Crippen LogP contribution in [0, 0.1) is 28.6 Å². The van der Waals surface area contributed by atoms with E-state index < -0.39 is 5.41 Å². The van der Waals surface area contributed by atoms with Crippen molar-refractivity contribution in [2.45, 2.75) is 72.0 Å². The fraction of sp³-hybridized carbons (Fsp3) is 0.800. The van der Waals surface area contributed by atoms with Crippen molar-refractivity contribution < 1.29 is 14.3 Å². The zero-order valence-corrected chi connectivity index (χ0v) is 14.9. The lowest BCUT2D eigenvalue weighted by Gasteiger charge is -2.51. The highest BCUT2D eigenvalue weighted by molar-refractivity contribution is 6.15. The molecule has 1 saturated heterocycles. The van der Waals surface area contributed by atoms with Crippen LogP contribution in [0.4, 0.5) is 0 Å². The maximum atomic E-state index is 13.1. The van der Waals surface area contributed by atoms with Crippen LogP contribution >= 0.6 is 0 Å². The van der Waals surface area contributed by atoms with Gasteiger partial charge in [0.1, 0.15) is 5.78 Å². The van der Waals surface area contributed by atoms with E-state index in [9.17, 15) is 9.59 Å². The third-order valence-corrected chi connectivity index (χ3v) is 7.54. The van der Waals surface area contributed by atoms with Crippen molar-refractivity contribution in [1.82, 2.24) is 0 Å². The standard InChI is InChI=1S/C20H28O3/c1-11(2)12-8-14(21)20(5)15(22)9-18(3)10-16-19(4,23-16)7-6-13(18)17(12)20/h8,11,13,16-17H,6-7,9-10H2,1-5H3/t13-,16?,17-,18+,19-,20+/m1/s1. The van der Waals surface area contributed by atoms with Crippen LogP contribution < -0.4 is 0 Å². The molecule has 0 N–H and O–H groups in total. The number of epoxide rings is 1. The lowest BCUT2D eigenvalue weighted by Crippen LogP contribution is -2.54. The minimum Gasteiger partial charge on any atom is -0.366 e. The van der Waals surface area contributed by atoms with Gasteiger partial charge >= 0.3 is 0 Å². The normalized spacial score (nSPS) is 51.7. The maximum absolute atomic E-state index is 13.1. The van der Waals surface area contributed by atoms with Gasteiger partial charge < -0.3 is 4.74 Å². The number of Topliss-reactive ketones (excluding diaryl/α,β-unsaturated/α-hetero) is 1. The topological polar surface area (TPSA) is 46.7 Å². The van der Waals surface area contributed by atoms with Crippen molar-refractivity contribution in [3.63, 3.8) is 0 Å². The van der Waals surface area contributed by atoms with Gasteiger partial charge in [0.25, 0.3) is 0 Å². The first kappa shape index (κ1) is 15.6. The Labute approximate surface area is 138 Å². The molecule has 3 heteroatoms. The Balaban J connectivity index is 1.80. The van der Waals surface area contributed by atoms with Crippen LogP contribution in [0.1, 0.15) is 60.3 Å². The molecule has 0 aromatic carbocycles. The summed E-state index contributed by atoms with van der Waals surface area (Å²) >= 11 is 0. The zero-order valence-electron chi connectivity index (χ0n) is 14.9. The van der Waals surface area contributed by atoms with Gasteiger partial charge in [-0.05, 0) is 56.4 Å². The van der Waals surface area contributed by atoms with Gasteiger partial charge in [0.05, 0.1) is 17.1 Å². The van der Waals surface area contributed by atoms with E-state index in [0.29, 0.717) is 24.4 Å². The molecule has 1 heterocycles. The molecule has 0 aromatic heterocycles. The van der Waals surface area contributed by atoms with Crippen LogP contribution in [0.5, 0.6) is 0 Å². The van der Waals surface area contributed by atoms with Crippen molar-refractivity contribution in [3.8, 4) is 0 Å². The van der Waals surface area contributed by atoms with Crippen LogP contribution in [-0.4, -0.2) is 23.3 Å². The summed E-state index contributed by atoms with van der Waals surface area (Å²) in [4.78, 5) is 25.8. The highest BCUT2D eigenvalue weighted by atomic mass is 16.6. The number of ether oxygens (including phenoxy) is 1. The van der Waals surface area contributed by atoms with Gasteiger partial charge in [-0.1, -0.05) is 26.3 Å². The summed E-state index contributed by atoms with van der Waals surface area (Å²) in [7, 11) is 0. The molecule has 1 unspecified atom stereocenters. The summed E-state index contributed by atoms with van der Waals surface area (Å²) in [6, 6.07) is 0. The molecular weight excluding hydrogens is 288 g/mol. The Hall–Kier alpha value is -0.960. The second-order valence-electron chi connectivity index (χ2n) is 9.37. The van der Waals surface area contributed by atoms with Crippen molar-refractivity contribution in [3.05, 3.63) is 11.6 Å². The number of carbonyl (C=O) groups excluding carboxylic acids is 2. The van der Waals surface area contributed by atoms with E-state index in [1.165, 1.54) is 5.57 Å². The van der Waals surface area contributed by atoms with E-state index in [0.717, 1.165) is 19.3 Å². The molecule has 0 radical (unpaired) electrons. The molecule has 0 amide bonds. The molecule has 1 aliphatic heterocycles. The zero-order chi connectivity index (χ0) is 16.8. The van der Waals surface area contributed by atoms with Crippen LogP contribution in [-0.2, 0) is 14.3 Å². The number of hydrogen-bond donors (Lipinski definition) is 0. The molecule has 0 spiro atoms. The van der Waals surface area contributed by atoms with E-state index in [2.05, 4.69) is 27.7 Å². The van der Waals surface area contributed by atoms with Gasteiger partial charge in [0.15, 0.2) is 5.78 Å². The van der Waals surface area contributed by atoms with Gasteiger partial charge in [-0.2, -0.15) is 0 Å². The SMILES string of the molecule is CC(C)C1=CC(=O)[C@@]2(C)C(=O)C[C@@]3(C)CC4O[C@]4(C)CC[C@@H]3[C@@H]12. The minimum atomic E-state index is -0.805. The number of rotatable bonds is 1. The number of fused-ring (bicyclic) bond motifs is 4. The Morgan fingerprint density at radius 2 is 1.91 bits per heavy atom. The van der Waals surface area contributed by atoms with Crippen molar-refractivity contribution in [2.75, 3.05) is 0 Å². The van der Waals surface area contributed by atoms with Crippen LogP contribution in [0.15, 0.2) is 11.6 Å². The Kier molecular flexibility index (Phi) is 2.95. The van der Waals surface area contributed by atoms with Gasteiger partial charge in [-0.15, -0.1) is 0 Å². The molecule has 4 rings (SSSR count). The largest absolute Gasteiger partial charge is 0.366 e. The molecule has 6 atom stereocenters. The average molecular weight is 316 g/mol. The first-order valence-corrected chi connectivity index (χ1v) is 9.09. The van der Waals surface area contributed by atoms with Crippen LogP contribution in [0.25, 0.3) is 0 Å². The monoisotopic (exact) mass is 316 g/mol. The molecule has 3 nitrogen and oxygen atoms in total. The fourth-order valence-electron chi connectivity index (χ4n) is 5.81. The molecule has 0 bridgehead atoms. The highest BCUT2D eigenvalue weighted by Crippen LogP contribution is 2.64. The van der Waals surface area contributed by atoms with Gasteiger partial charge in [-0.25, -0.2) is 0 Å². The maximum Gasteiger partial charge on any atom is 0.169 e. The second-order valence-corrected chi connectivity index (χ2v) is 9.37. The summed E-state index contributed by atoms with van der Waals surface area (Å²) in [6.45, 7) is 10.7. The number of carbonyl (C=O) groups is 2. The lowest BCUT2D eigenvalue weighted by molar-refractivity contribution is -0.150. The number of ketones is 2. The Morgan fingerprint density at radius 1 is 1.22 bits per heavy atom. The van der Waals surface area contributed by atoms with E-state index in [4.69, 9.17) is 4.74 Å². The van der Waals surface area contributed by atoms with E-state index in [-0.39, 0.29) is 28.5 Å². The summed E-state index contributed by atoms with van der Waals surface area (Å²) in [5.41, 5.74) is 0.395. The molecule has 2 saturated carbocycles. The quantitative estimate of drug-likeness (QED) is 0.547. The smallest absolute Gasteiger partial charge is 0.169 e. The van der Waals surface area contributed by atoms with E-state index in [1.54, 1.807) is 0 Å². The van der Waals surface area contributed by atoms with E-state index in [1.807, 2.05) is 13.0 Å². The molecule has 0 aromatic rings. The predicted octanol–water partition coefficient (Wildman–Crippen LogP) is 3.71. The fourth-order valence-corrected chi connectivity index (χ4v) is 5.81. The number of hydrogen-bond acceptors (Lipinski definition) is 3. The predicted molar refractivity (Wildman–Crippen MR) is 87.9 cm³/mol. The van der Waals surface area contributed by atoms with Crippen molar-refractivity contribution in [1.29, 1.82) is 0 Å². The third-order valence-electron chi connectivity index (χ3n) is 7.54. The first-order chi connectivity index (χ1) is 10.6. The minimum absolute atomic E-state index is 0.0180. The number of allylic oxidation sites excluding steroid dienone is 2. The Morgan fingerprint density at radius 3 is 2.57 bits per heavy atom. The molecule has 126 valence electrons. The van der Waals surface area contributed by atoms with Crippen molar-refractivity contribution >= 4 is 11.6 Å². The lowest BCUT2D eigenvalue weighted by atomic mass is 9.50. The highest BCUT2D eigenvalue weighted by Gasteiger charge is 2.67. The molecule has 23 heavy (non-hydrogen) atoms. The molecule has 3 aliphatic carbocycles. The molecule has 4 aliphatic rings. The summed E-state index contributed by atoms with van der Waals surface area (Å²) in [6.07, 6.45) is 5.73. The molecular formula is C20H28O3. The van der Waals surface area contributed by atoms with Gasteiger partial charge in [0, 0.05) is 12.3 Å². The average Bonchev–Trinajstić information content (AvgIpc) is 2.99. The van der Waals surface area contributed by atoms with Gasteiger partial charge in [0.2, 0.25) is 0 Å². The van der Waals surface area contributed by atoms with Crippen LogP contribution in [0.3, 0.4) is 0 Å². The molecule has 3 fully saturated rings. The Bertz CT molecular complexity index is 633. The summed E-state index contributed by atoms with van der Waals surface area (Å²) in [5, 5.41) is 0. The van der Waals surface area contributed by atoms with Crippen molar-refractivity contribution in [2.24, 2.45) is 28.6 Å².